The molecule has 4 aromatic rings. The van der Waals surface area contributed by atoms with Gasteiger partial charge in [-0.25, -0.2) is 15.0 Å². The number of hydrogen-bond donors (Lipinski definition) is 1. The van der Waals surface area contributed by atoms with Crippen LogP contribution in [0.1, 0.15) is 35.5 Å². The third-order valence-electron chi connectivity index (χ3n) is 5.15. The molecule has 1 N–H and O–H groups in total. The molecule has 31 heavy (non-hydrogen) atoms. The molecule has 0 saturated carbocycles. The number of fused-ring (bicyclic) bond motifs is 1. The van der Waals surface area contributed by atoms with E-state index in [4.69, 9.17) is 11.6 Å². The second-order valence-corrected chi connectivity index (χ2v) is 7.56. The van der Waals surface area contributed by atoms with Gasteiger partial charge in [-0.05, 0) is 48.7 Å². The fourth-order valence-electron chi connectivity index (χ4n) is 3.53. The molecule has 0 unspecified atom stereocenters. The number of nitriles is 1. The van der Waals surface area contributed by atoms with Crippen LogP contribution in [0.2, 0.25) is 5.15 Å². The van der Waals surface area contributed by atoms with Gasteiger partial charge in [0.2, 0.25) is 0 Å². The molecule has 7 nitrogen and oxygen atoms in total. The fourth-order valence-corrected chi connectivity index (χ4v) is 3.75. The molecular weight excluding hydrogens is 412 g/mol. The molecule has 154 valence electrons. The van der Waals surface area contributed by atoms with Crippen LogP contribution in [-0.4, -0.2) is 19.5 Å². The normalized spacial score (nSPS) is 11.8. The van der Waals surface area contributed by atoms with Crippen LogP contribution in [0.3, 0.4) is 0 Å². The molecule has 1 aromatic carbocycles. The molecule has 0 aliphatic carbocycles. The fraction of sp³-hybridized carbons (Fsp3) is 0.174. The first-order valence-corrected chi connectivity index (χ1v) is 10.1. The highest BCUT2D eigenvalue weighted by Crippen LogP contribution is 2.27. The maximum absolute atomic E-state index is 12.5. The van der Waals surface area contributed by atoms with Crippen molar-refractivity contribution in [3.63, 3.8) is 0 Å². The standard InChI is InChI=1S/C23H19ClN6O/c1-14(23-27-7-3-8-28-23)29-19-12-21(31)30(2)20-5-4-15(11-17(19)20)10-16-6-9-26-22(24)18(16)13-25/h3-9,11-12,14,29H,10H2,1-2H3/t14-/m1/s1. The third kappa shape index (κ3) is 4.11. The summed E-state index contributed by atoms with van der Waals surface area (Å²) in [6.45, 7) is 1.95. The number of hydrogen-bond acceptors (Lipinski definition) is 6. The lowest BCUT2D eigenvalue weighted by Crippen LogP contribution is -2.19. The van der Waals surface area contributed by atoms with Gasteiger partial charge in [0, 0.05) is 42.8 Å². The van der Waals surface area contributed by atoms with Crippen molar-refractivity contribution in [2.24, 2.45) is 7.05 Å². The van der Waals surface area contributed by atoms with Crippen molar-refractivity contribution in [2.45, 2.75) is 19.4 Å². The molecule has 0 amide bonds. The SMILES string of the molecule is C[C@@H](Nc1cc(=O)n(C)c2ccc(Cc3ccnc(Cl)c3C#N)cc12)c1ncccn1. The number of pyridine rings is 2. The van der Waals surface area contributed by atoms with E-state index >= 15 is 0 Å². The Morgan fingerprint density at radius 2 is 1.94 bits per heavy atom. The minimum atomic E-state index is -0.190. The molecule has 3 heterocycles. The van der Waals surface area contributed by atoms with E-state index in [1.807, 2.05) is 25.1 Å². The van der Waals surface area contributed by atoms with Crippen LogP contribution in [0.4, 0.5) is 5.69 Å². The molecule has 0 spiro atoms. The number of halogens is 1. The molecule has 0 radical (unpaired) electrons. The van der Waals surface area contributed by atoms with Gasteiger partial charge < -0.3 is 9.88 Å². The topological polar surface area (TPSA) is 96.5 Å². The van der Waals surface area contributed by atoms with E-state index in [1.54, 1.807) is 48.4 Å². The summed E-state index contributed by atoms with van der Waals surface area (Å²) in [5.41, 5.74) is 3.54. The molecule has 1 atom stereocenters. The monoisotopic (exact) mass is 430 g/mol. The zero-order valence-electron chi connectivity index (χ0n) is 17.0. The Bertz CT molecular complexity index is 1360. The van der Waals surface area contributed by atoms with Crippen LogP contribution >= 0.6 is 11.6 Å². The molecule has 0 saturated heterocycles. The highest BCUT2D eigenvalue weighted by molar-refractivity contribution is 6.30. The number of aromatic nitrogens is 4. The van der Waals surface area contributed by atoms with Gasteiger partial charge in [-0.15, -0.1) is 0 Å². The van der Waals surface area contributed by atoms with Crippen LogP contribution in [0.5, 0.6) is 0 Å². The van der Waals surface area contributed by atoms with E-state index < -0.39 is 0 Å². The molecule has 0 aliphatic rings. The van der Waals surface area contributed by atoms with Crippen molar-refractivity contribution in [1.82, 2.24) is 19.5 Å². The van der Waals surface area contributed by atoms with Gasteiger partial charge >= 0.3 is 0 Å². The van der Waals surface area contributed by atoms with Gasteiger partial charge in [-0.1, -0.05) is 17.7 Å². The van der Waals surface area contributed by atoms with Gasteiger partial charge in [0.15, 0.2) is 0 Å². The van der Waals surface area contributed by atoms with Crippen molar-refractivity contribution >= 4 is 28.2 Å². The Kier molecular flexibility index (Phi) is 5.65. The van der Waals surface area contributed by atoms with Crippen molar-refractivity contribution in [1.29, 1.82) is 5.26 Å². The number of nitrogens with one attached hydrogen (secondary N) is 1. The maximum Gasteiger partial charge on any atom is 0.252 e. The maximum atomic E-state index is 12.5. The first-order chi connectivity index (χ1) is 15.0. The van der Waals surface area contributed by atoms with Gasteiger partial charge in [-0.2, -0.15) is 5.26 Å². The summed E-state index contributed by atoms with van der Waals surface area (Å²) >= 11 is 6.08. The number of rotatable bonds is 5. The minimum Gasteiger partial charge on any atom is -0.375 e. The van der Waals surface area contributed by atoms with Crippen LogP contribution < -0.4 is 10.9 Å². The number of benzene rings is 1. The summed E-state index contributed by atoms with van der Waals surface area (Å²) in [5.74, 6) is 0.637. The Balaban J connectivity index is 1.77. The number of anilines is 1. The van der Waals surface area contributed by atoms with Crippen molar-refractivity contribution in [3.8, 4) is 6.07 Å². The summed E-state index contributed by atoms with van der Waals surface area (Å²) < 4.78 is 1.61. The van der Waals surface area contributed by atoms with E-state index in [9.17, 15) is 10.1 Å². The Labute approximate surface area is 184 Å². The van der Waals surface area contributed by atoms with E-state index in [-0.39, 0.29) is 16.8 Å². The zero-order valence-corrected chi connectivity index (χ0v) is 17.8. The summed E-state index contributed by atoms with van der Waals surface area (Å²) in [6.07, 6.45) is 5.49. The predicted octanol–water partition coefficient (Wildman–Crippen LogP) is 4.01. The summed E-state index contributed by atoms with van der Waals surface area (Å²) in [7, 11) is 1.74. The van der Waals surface area contributed by atoms with Crippen molar-refractivity contribution in [2.75, 3.05) is 5.32 Å². The summed E-state index contributed by atoms with van der Waals surface area (Å²) in [4.78, 5) is 25.1. The smallest absolute Gasteiger partial charge is 0.252 e. The van der Waals surface area contributed by atoms with Gasteiger partial charge in [0.25, 0.3) is 5.56 Å². The quantitative estimate of drug-likeness (QED) is 0.480. The predicted molar refractivity (Wildman–Crippen MR) is 120 cm³/mol. The molecule has 4 rings (SSSR count). The molecule has 0 aliphatic heterocycles. The van der Waals surface area contributed by atoms with Crippen LogP contribution in [-0.2, 0) is 13.5 Å². The van der Waals surface area contributed by atoms with Gasteiger partial charge in [0.05, 0.1) is 17.1 Å². The highest BCUT2D eigenvalue weighted by Gasteiger charge is 2.14. The lowest BCUT2D eigenvalue weighted by molar-refractivity contribution is 0.788. The zero-order chi connectivity index (χ0) is 22.0. The summed E-state index contributed by atoms with van der Waals surface area (Å²) in [6, 6.07) is 13.0. The Hall–Kier alpha value is -3.76. The third-order valence-corrected chi connectivity index (χ3v) is 5.44. The minimum absolute atomic E-state index is 0.114. The first-order valence-electron chi connectivity index (χ1n) is 9.67. The Morgan fingerprint density at radius 3 is 2.68 bits per heavy atom. The second-order valence-electron chi connectivity index (χ2n) is 7.20. The average Bonchev–Trinajstić information content (AvgIpc) is 2.78. The lowest BCUT2D eigenvalue weighted by atomic mass is 10.00. The lowest BCUT2D eigenvalue weighted by Gasteiger charge is -2.17. The molecule has 0 fully saturated rings. The summed E-state index contributed by atoms with van der Waals surface area (Å²) in [5, 5.41) is 13.9. The highest BCUT2D eigenvalue weighted by atomic mass is 35.5. The van der Waals surface area contributed by atoms with Gasteiger partial charge in [-0.3, -0.25) is 4.79 Å². The molecule has 0 bridgehead atoms. The van der Waals surface area contributed by atoms with Crippen LogP contribution in [0, 0.1) is 11.3 Å². The van der Waals surface area contributed by atoms with E-state index in [2.05, 4.69) is 26.3 Å². The molecule has 3 aromatic heterocycles. The first kappa shape index (κ1) is 20.5. The van der Waals surface area contributed by atoms with Crippen LogP contribution in [0.15, 0.2) is 59.8 Å². The van der Waals surface area contributed by atoms with Crippen molar-refractivity contribution in [3.05, 3.63) is 93.0 Å². The average molecular weight is 431 g/mol. The Morgan fingerprint density at radius 1 is 1.16 bits per heavy atom. The largest absolute Gasteiger partial charge is 0.375 e. The van der Waals surface area contributed by atoms with Crippen molar-refractivity contribution < 1.29 is 0 Å². The van der Waals surface area contributed by atoms with Gasteiger partial charge in [0.1, 0.15) is 17.0 Å². The molecule has 8 heteroatoms. The van der Waals surface area contributed by atoms with E-state index in [0.29, 0.717) is 23.5 Å². The number of aryl methyl sites for hydroxylation is 1. The second kappa shape index (κ2) is 8.54. The van der Waals surface area contributed by atoms with E-state index in [1.165, 1.54) is 0 Å². The molecular formula is C23H19ClN6O. The van der Waals surface area contributed by atoms with E-state index in [0.717, 1.165) is 22.0 Å². The number of nitrogens with zero attached hydrogens (tertiary/aromatic N) is 5. The van der Waals surface area contributed by atoms with Crippen LogP contribution in [0.25, 0.3) is 10.9 Å².